The Kier molecular flexibility index (Phi) is 3.93. The number of methoxy groups -OCH3 is 2. The SMILES string of the molecule is COc1nc(OC)c([13CH]=O)c(N2CCOCC2)n1. The summed E-state index contributed by atoms with van der Waals surface area (Å²) in [5, 5.41) is 0. The maximum atomic E-state index is 11.2. The normalized spacial score (nSPS) is 15.3. The molecule has 1 aromatic heterocycles. The molecule has 1 saturated heterocycles. The van der Waals surface area contributed by atoms with Gasteiger partial charge in [0, 0.05) is 13.1 Å². The van der Waals surface area contributed by atoms with Gasteiger partial charge in [0.05, 0.1) is 27.4 Å². The molecule has 0 unspecified atom stereocenters. The van der Waals surface area contributed by atoms with Crippen LogP contribution in [0.25, 0.3) is 0 Å². The number of nitrogens with zero attached hydrogens (tertiary/aromatic N) is 3. The van der Waals surface area contributed by atoms with Crippen LogP contribution in [0.1, 0.15) is 10.4 Å². The van der Waals surface area contributed by atoms with Gasteiger partial charge >= 0.3 is 6.01 Å². The van der Waals surface area contributed by atoms with Crippen molar-refractivity contribution in [2.75, 3.05) is 45.4 Å². The summed E-state index contributed by atoms with van der Waals surface area (Å²) < 4.78 is 15.4. The van der Waals surface area contributed by atoms with E-state index in [9.17, 15) is 4.79 Å². The number of aromatic nitrogens is 2. The fourth-order valence-electron chi connectivity index (χ4n) is 1.78. The number of rotatable bonds is 4. The van der Waals surface area contributed by atoms with Gasteiger partial charge in [0.1, 0.15) is 5.56 Å². The first kappa shape index (κ1) is 12.6. The third kappa shape index (κ3) is 2.35. The lowest BCUT2D eigenvalue weighted by Gasteiger charge is -2.28. The minimum Gasteiger partial charge on any atom is -0.480 e. The smallest absolute Gasteiger partial charge is 0.321 e. The molecule has 0 aliphatic carbocycles. The number of hydrogen-bond acceptors (Lipinski definition) is 7. The Hall–Kier alpha value is -1.89. The highest BCUT2D eigenvalue weighted by molar-refractivity contribution is 5.86. The summed E-state index contributed by atoms with van der Waals surface area (Å²) in [5.74, 6) is 0.746. The Bertz CT molecular complexity index is 433. The van der Waals surface area contributed by atoms with Crippen LogP contribution in [-0.2, 0) is 4.74 Å². The molecule has 2 heterocycles. The van der Waals surface area contributed by atoms with Gasteiger partial charge in [-0.1, -0.05) is 0 Å². The quantitative estimate of drug-likeness (QED) is 0.559. The molecule has 0 bridgehead atoms. The summed E-state index contributed by atoms with van der Waals surface area (Å²) >= 11 is 0. The molecule has 0 atom stereocenters. The van der Waals surface area contributed by atoms with Crippen LogP contribution in [0.4, 0.5) is 5.82 Å². The third-order valence-corrected chi connectivity index (χ3v) is 2.67. The zero-order valence-electron chi connectivity index (χ0n) is 10.4. The fourth-order valence-corrected chi connectivity index (χ4v) is 1.78. The molecule has 0 N–H and O–H groups in total. The average molecular weight is 254 g/mol. The summed E-state index contributed by atoms with van der Waals surface area (Å²) in [6.07, 6.45) is 0.697. The van der Waals surface area contributed by atoms with E-state index in [1.165, 1.54) is 14.2 Å². The first-order chi connectivity index (χ1) is 8.80. The van der Waals surface area contributed by atoms with Crippen LogP contribution in [-0.4, -0.2) is 56.8 Å². The number of hydrogen-bond donors (Lipinski definition) is 0. The molecule has 0 radical (unpaired) electrons. The molecule has 7 nitrogen and oxygen atoms in total. The highest BCUT2D eigenvalue weighted by Crippen LogP contribution is 2.27. The van der Waals surface area contributed by atoms with Gasteiger partial charge in [-0.05, 0) is 0 Å². The van der Waals surface area contributed by atoms with Crippen molar-refractivity contribution >= 4 is 12.1 Å². The number of ether oxygens (including phenoxy) is 3. The molecule has 1 fully saturated rings. The molecule has 0 spiro atoms. The minimum atomic E-state index is 0.180. The van der Waals surface area contributed by atoms with Crippen molar-refractivity contribution in [3.63, 3.8) is 0 Å². The molecular weight excluding hydrogens is 239 g/mol. The van der Waals surface area contributed by atoms with Crippen molar-refractivity contribution in [2.24, 2.45) is 0 Å². The first-order valence-corrected chi connectivity index (χ1v) is 5.58. The Morgan fingerprint density at radius 3 is 2.50 bits per heavy atom. The minimum absolute atomic E-state index is 0.180. The zero-order chi connectivity index (χ0) is 13.0. The van der Waals surface area contributed by atoms with Crippen LogP contribution in [0.15, 0.2) is 0 Å². The summed E-state index contributed by atoms with van der Waals surface area (Å²) in [6.45, 7) is 2.55. The second-order valence-corrected chi connectivity index (χ2v) is 3.67. The van der Waals surface area contributed by atoms with Crippen LogP contribution >= 0.6 is 0 Å². The van der Waals surface area contributed by atoms with Gasteiger partial charge in [-0.25, -0.2) is 0 Å². The van der Waals surface area contributed by atoms with Crippen LogP contribution in [0, 0.1) is 0 Å². The Balaban J connectivity index is 2.44. The van der Waals surface area contributed by atoms with E-state index in [1.807, 2.05) is 4.90 Å². The molecule has 98 valence electrons. The van der Waals surface area contributed by atoms with Crippen molar-refractivity contribution in [1.29, 1.82) is 0 Å². The number of carbonyl (C=O) groups is 1. The van der Waals surface area contributed by atoms with Crippen molar-refractivity contribution in [3.8, 4) is 11.9 Å². The summed E-state index contributed by atoms with van der Waals surface area (Å²) in [7, 11) is 2.93. The van der Waals surface area contributed by atoms with Crippen molar-refractivity contribution in [3.05, 3.63) is 5.56 Å². The van der Waals surface area contributed by atoms with Gasteiger partial charge < -0.3 is 19.1 Å². The Morgan fingerprint density at radius 2 is 1.94 bits per heavy atom. The van der Waals surface area contributed by atoms with Crippen LogP contribution in [0.2, 0.25) is 0 Å². The lowest BCUT2D eigenvalue weighted by molar-refractivity contribution is 0.111. The second kappa shape index (κ2) is 5.63. The van der Waals surface area contributed by atoms with Crippen molar-refractivity contribution in [1.82, 2.24) is 9.97 Å². The van der Waals surface area contributed by atoms with Gasteiger partial charge in [-0.2, -0.15) is 9.97 Å². The Morgan fingerprint density at radius 1 is 1.22 bits per heavy atom. The largest absolute Gasteiger partial charge is 0.480 e. The average Bonchev–Trinajstić information content (AvgIpc) is 2.46. The molecule has 0 amide bonds. The molecular formula is C11H15N3O4. The van der Waals surface area contributed by atoms with Crippen LogP contribution in [0.5, 0.6) is 11.9 Å². The van der Waals surface area contributed by atoms with Gasteiger partial charge in [0.25, 0.3) is 0 Å². The fraction of sp³-hybridized carbons (Fsp3) is 0.545. The molecule has 7 heteroatoms. The van der Waals surface area contributed by atoms with Crippen LogP contribution in [0.3, 0.4) is 0 Å². The summed E-state index contributed by atoms with van der Waals surface area (Å²) in [5.41, 5.74) is 0.334. The van der Waals surface area contributed by atoms with Gasteiger partial charge in [-0.15, -0.1) is 0 Å². The van der Waals surface area contributed by atoms with Gasteiger partial charge in [0.2, 0.25) is 5.88 Å². The number of aldehydes is 1. The van der Waals surface area contributed by atoms with Crippen molar-refractivity contribution in [2.45, 2.75) is 0 Å². The molecule has 0 saturated carbocycles. The summed E-state index contributed by atoms with van der Waals surface area (Å²) in [6, 6.07) is 0.180. The second-order valence-electron chi connectivity index (χ2n) is 3.67. The van der Waals surface area contributed by atoms with E-state index in [2.05, 4.69) is 9.97 Å². The van der Waals surface area contributed by atoms with E-state index in [4.69, 9.17) is 14.2 Å². The molecule has 0 aromatic carbocycles. The topological polar surface area (TPSA) is 73.8 Å². The highest BCUT2D eigenvalue weighted by atomic mass is 16.5. The maximum absolute atomic E-state index is 11.2. The zero-order valence-corrected chi connectivity index (χ0v) is 10.4. The molecule has 2 rings (SSSR count). The Labute approximate surface area is 105 Å². The molecule has 18 heavy (non-hydrogen) atoms. The predicted molar refractivity (Wildman–Crippen MR) is 63.6 cm³/mol. The highest BCUT2D eigenvalue weighted by Gasteiger charge is 2.21. The monoisotopic (exact) mass is 254 g/mol. The molecule has 1 aromatic rings. The van der Waals surface area contributed by atoms with E-state index < -0.39 is 0 Å². The lowest BCUT2D eigenvalue weighted by atomic mass is 10.3. The lowest BCUT2D eigenvalue weighted by Crippen LogP contribution is -2.37. The van der Waals surface area contributed by atoms with E-state index >= 15 is 0 Å². The van der Waals surface area contributed by atoms with Crippen molar-refractivity contribution < 1.29 is 19.0 Å². The van der Waals surface area contributed by atoms with E-state index in [-0.39, 0.29) is 11.9 Å². The maximum Gasteiger partial charge on any atom is 0.321 e. The number of carbonyl (C=O) groups excluding carboxylic acids is 1. The predicted octanol–water partition coefficient (Wildman–Crippen LogP) is 0.143. The van der Waals surface area contributed by atoms with E-state index in [0.717, 1.165) is 0 Å². The van der Waals surface area contributed by atoms with Gasteiger partial charge in [0.15, 0.2) is 12.1 Å². The molecule has 1 aliphatic heterocycles. The summed E-state index contributed by atoms with van der Waals surface area (Å²) in [4.78, 5) is 21.4. The standard InChI is InChI=1S/C11H15N3O4/c1-16-10-8(7-15)9(12-11(13-10)17-2)14-3-5-18-6-4-14/h7H,3-6H2,1-2H3/i7+1. The van der Waals surface area contributed by atoms with Crippen LogP contribution < -0.4 is 14.4 Å². The van der Waals surface area contributed by atoms with Gasteiger partial charge in [-0.3, -0.25) is 4.79 Å². The van der Waals surface area contributed by atoms with E-state index in [0.29, 0.717) is 44.0 Å². The molecule has 1 aliphatic rings. The number of anilines is 1. The van der Waals surface area contributed by atoms with E-state index in [1.54, 1.807) is 0 Å². The first-order valence-electron chi connectivity index (χ1n) is 5.58. The number of morpholine rings is 1. The third-order valence-electron chi connectivity index (χ3n) is 2.67.